The van der Waals surface area contributed by atoms with Crippen LogP contribution < -0.4 is 26.4 Å². The average Bonchev–Trinajstić information content (AvgIpc) is 3.46. The summed E-state index contributed by atoms with van der Waals surface area (Å²) in [6.07, 6.45) is 0.110. The van der Waals surface area contributed by atoms with Crippen molar-refractivity contribution in [2.75, 3.05) is 22.8 Å². The van der Waals surface area contributed by atoms with Gasteiger partial charge in [-0.3, -0.25) is 19.8 Å². The number of nitrogens with zero attached hydrogens (tertiary/aromatic N) is 5. The summed E-state index contributed by atoms with van der Waals surface area (Å²) in [5.41, 5.74) is 4.66. The number of rotatable bonds is 12. The molecule has 2 unspecified atom stereocenters. The molecule has 0 radical (unpaired) electrons. The largest absolute Gasteiger partial charge is 0.465 e. The lowest BCUT2D eigenvalue weighted by molar-refractivity contribution is -0.124. The minimum Gasteiger partial charge on any atom is -0.465 e. The summed E-state index contributed by atoms with van der Waals surface area (Å²) in [7, 11) is 0. The summed E-state index contributed by atoms with van der Waals surface area (Å²) in [6.45, 7) is 14.6. The Morgan fingerprint density at radius 1 is 0.927 bits per heavy atom. The number of benzene rings is 4. The van der Waals surface area contributed by atoms with E-state index in [0.29, 0.717) is 29.3 Å². The number of carbonyl (C=O) groups excluding carboxylic acids is 2. The molecule has 0 bridgehead atoms. The van der Waals surface area contributed by atoms with Gasteiger partial charge in [0.15, 0.2) is 11.9 Å². The Morgan fingerprint density at radius 3 is 2.31 bits per heavy atom. The molecule has 4 aromatic carbocycles. The van der Waals surface area contributed by atoms with Crippen LogP contribution in [-0.2, 0) is 14.3 Å². The van der Waals surface area contributed by atoms with E-state index in [1.165, 1.54) is 4.68 Å². The maximum absolute atomic E-state index is 14.6. The summed E-state index contributed by atoms with van der Waals surface area (Å²) >= 11 is 6.65. The number of halogens is 1. The first-order valence-corrected chi connectivity index (χ1v) is 18.4. The second-order valence-corrected chi connectivity index (χ2v) is 14.9. The van der Waals surface area contributed by atoms with Gasteiger partial charge in [-0.25, -0.2) is 14.6 Å². The molecule has 2 heterocycles. The van der Waals surface area contributed by atoms with E-state index in [1.807, 2.05) is 57.2 Å². The normalized spacial score (nSPS) is 12.7. The maximum atomic E-state index is 14.6. The molecule has 14 heteroatoms. The van der Waals surface area contributed by atoms with Crippen molar-refractivity contribution in [3.8, 4) is 5.75 Å². The maximum Gasteiger partial charge on any atom is 0.280 e. The number of ether oxygens (including phenoxy) is 2. The number of hydrogen-bond donors (Lipinski definition) is 3. The molecule has 0 aliphatic rings. The molecule has 286 valence electrons. The van der Waals surface area contributed by atoms with E-state index < -0.39 is 35.1 Å². The van der Waals surface area contributed by atoms with E-state index in [9.17, 15) is 14.4 Å². The minimum atomic E-state index is -1.38. The van der Waals surface area contributed by atoms with Crippen LogP contribution in [0.15, 0.2) is 77.6 Å². The predicted octanol–water partition coefficient (Wildman–Crippen LogP) is 7.57. The van der Waals surface area contributed by atoms with Gasteiger partial charge in [0.2, 0.25) is 12.2 Å². The fourth-order valence-corrected chi connectivity index (χ4v) is 6.19. The third kappa shape index (κ3) is 8.63. The summed E-state index contributed by atoms with van der Waals surface area (Å²) in [5.74, 6) is 0.347. The molecule has 6 rings (SSSR count). The topological polar surface area (TPSA) is 154 Å². The molecule has 2 amide bonds. The Balaban J connectivity index is 1.35. The van der Waals surface area contributed by atoms with Crippen molar-refractivity contribution < 1.29 is 19.1 Å². The first kappa shape index (κ1) is 38.9. The smallest absolute Gasteiger partial charge is 0.280 e. The number of amides is 2. The van der Waals surface area contributed by atoms with Gasteiger partial charge in [0.05, 0.1) is 21.6 Å². The highest BCUT2D eigenvalue weighted by molar-refractivity contribution is 6.33. The van der Waals surface area contributed by atoms with Crippen molar-refractivity contribution in [3.63, 3.8) is 0 Å². The highest BCUT2D eigenvalue weighted by Gasteiger charge is 2.34. The number of aryl methyl sites for hydroxylation is 4. The van der Waals surface area contributed by atoms with E-state index in [4.69, 9.17) is 26.1 Å². The summed E-state index contributed by atoms with van der Waals surface area (Å²) in [4.78, 5) is 51.7. The Kier molecular flexibility index (Phi) is 11.3. The van der Waals surface area contributed by atoms with Crippen LogP contribution in [0.1, 0.15) is 68.8 Å². The quantitative estimate of drug-likeness (QED) is 0.0846. The molecule has 0 fully saturated rings. The van der Waals surface area contributed by atoms with Gasteiger partial charge in [0, 0.05) is 17.5 Å². The molecule has 55 heavy (non-hydrogen) atoms. The fraction of sp³-hybridized carbons (Fsp3) is 0.317. The molecular formula is C41H45ClN8O5. The van der Waals surface area contributed by atoms with Crippen LogP contribution in [0.3, 0.4) is 0 Å². The number of aromatic nitrogens is 5. The SMILES string of the molecule is CCC(OCNc1ccc(Cl)c(NC(=O)C(c2nc3cc4ccccc4cc3c(=O)n2NC(=O)C(C)(C)C)n2nc(C)nc2C)c1)Oc1ccc(C)cc1C. The van der Waals surface area contributed by atoms with Crippen molar-refractivity contribution >= 4 is 56.5 Å². The van der Waals surface area contributed by atoms with Crippen LogP contribution in [0, 0.1) is 33.1 Å². The van der Waals surface area contributed by atoms with Gasteiger partial charge in [-0.1, -0.05) is 81.3 Å². The fourth-order valence-electron chi connectivity index (χ4n) is 6.03. The molecule has 3 N–H and O–H groups in total. The average molecular weight is 765 g/mol. The molecule has 6 aromatic rings. The van der Waals surface area contributed by atoms with Crippen LogP contribution in [0.25, 0.3) is 21.7 Å². The number of carbonyl (C=O) groups is 2. The molecule has 13 nitrogen and oxygen atoms in total. The van der Waals surface area contributed by atoms with Crippen molar-refractivity contribution in [2.24, 2.45) is 5.41 Å². The summed E-state index contributed by atoms with van der Waals surface area (Å²) in [6, 6.07) is 20.7. The molecule has 0 saturated carbocycles. The van der Waals surface area contributed by atoms with Gasteiger partial charge in [-0.2, -0.15) is 9.77 Å². The standard InChI is InChI=1S/C41H45ClN8O5/c1-9-35(55-34-17-14-23(2)18-24(34)3)54-22-43-29-15-16-31(42)33(21-29)46-38(51)36(49-26(5)44-25(4)47-49)37-45-32-20-28-13-11-10-12-27(28)19-30(32)39(52)50(37)48-40(53)41(6,7)8/h10-21,35-36,43H,9,22H2,1-8H3,(H,46,51)(H,48,53). The number of fused-ring (bicyclic) bond motifs is 2. The third-order valence-electron chi connectivity index (χ3n) is 8.99. The monoisotopic (exact) mass is 764 g/mol. The molecule has 0 saturated heterocycles. The van der Waals surface area contributed by atoms with Crippen molar-refractivity contribution in [1.82, 2.24) is 24.4 Å². The predicted molar refractivity (Wildman–Crippen MR) is 215 cm³/mol. The lowest BCUT2D eigenvalue weighted by Gasteiger charge is -2.25. The Hall–Kier alpha value is -5.79. The van der Waals surface area contributed by atoms with E-state index in [0.717, 1.165) is 32.3 Å². The van der Waals surface area contributed by atoms with Crippen LogP contribution in [-0.4, -0.2) is 49.3 Å². The van der Waals surface area contributed by atoms with Crippen LogP contribution in [0.5, 0.6) is 5.75 Å². The van der Waals surface area contributed by atoms with E-state index in [1.54, 1.807) is 65.0 Å². The van der Waals surface area contributed by atoms with Crippen molar-refractivity contribution in [2.45, 2.75) is 74.1 Å². The Labute approximate surface area is 324 Å². The zero-order valence-electron chi connectivity index (χ0n) is 32.2. The molecule has 0 aliphatic heterocycles. The van der Waals surface area contributed by atoms with E-state index >= 15 is 0 Å². The zero-order valence-corrected chi connectivity index (χ0v) is 32.9. The third-order valence-corrected chi connectivity index (χ3v) is 9.32. The number of nitrogens with one attached hydrogen (secondary N) is 3. The van der Waals surface area contributed by atoms with Crippen molar-refractivity contribution in [1.29, 1.82) is 0 Å². The first-order chi connectivity index (χ1) is 26.1. The second-order valence-electron chi connectivity index (χ2n) is 14.5. The minimum absolute atomic E-state index is 0.0795. The van der Waals surface area contributed by atoms with Crippen LogP contribution >= 0.6 is 11.6 Å². The van der Waals surface area contributed by atoms with Gasteiger partial charge in [-0.05, 0) is 80.4 Å². The number of anilines is 2. The molecule has 0 aliphatic carbocycles. The zero-order chi connectivity index (χ0) is 39.6. The van der Waals surface area contributed by atoms with E-state index in [-0.39, 0.29) is 28.7 Å². The van der Waals surface area contributed by atoms with E-state index in [2.05, 4.69) is 32.2 Å². The summed E-state index contributed by atoms with van der Waals surface area (Å²) < 4.78 is 14.5. The first-order valence-electron chi connectivity index (χ1n) is 18.0. The van der Waals surface area contributed by atoms with Crippen LogP contribution in [0.4, 0.5) is 11.4 Å². The lowest BCUT2D eigenvalue weighted by Crippen LogP contribution is -2.44. The van der Waals surface area contributed by atoms with Crippen molar-refractivity contribution in [3.05, 3.63) is 117 Å². The molecule has 2 atom stereocenters. The Morgan fingerprint density at radius 2 is 1.65 bits per heavy atom. The lowest BCUT2D eigenvalue weighted by atomic mass is 9.96. The van der Waals surface area contributed by atoms with Gasteiger partial charge in [-0.15, -0.1) is 0 Å². The highest BCUT2D eigenvalue weighted by Crippen LogP contribution is 2.29. The summed E-state index contributed by atoms with van der Waals surface area (Å²) in [5, 5.41) is 12.8. The van der Waals surface area contributed by atoms with Gasteiger partial charge < -0.3 is 20.1 Å². The number of hydrogen-bond acceptors (Lipinski definition) is 9. The van der Waals surface area contributed by atoms with Gasteiger partial charge >= 0.3 is 0 Å². The second kappa shape index (κ2) is 15.9. The molecular weight excluding hydrogens is 720 g/mol. The molecule has 2 aromatic heterocycles. The van der Waals surface area contributed by atoms with Gasteiger partial charge in [0.1, 0.15) is 24.1 Å². The van der Waals surface area contributed by atoms with Gasteiger partial charge in [0.25, 0.3) is 11.5 Å². The highest BCUT2D eigenvalue weighted by atomic mass is 35.5. The molecule has 0 spiro atoms. The van der Waals surface area contributed by atoms with Crippen LogP contribution in [0.2, 0.25) is 5.02 Å². The Bertz CT molecular complexity index is 2470.